The van der Waals surface area contributed by atoms with Crippen LogP contribution in [0.25, 0.3) is 0 Å². The van der Waals surface area contributed by atoms with Crippen LogP contribution < -0.4 is 4.72 Å². The van der Waals surface area contributed by atoms with Crippen molar-refractivity contribution in [2.75, 3.05) is 6.54 Å². The maximum absolute atomic E-state index is 11.6. The second-order valence-corrected chi connectivity index (χ2v) is 7.03. The predicted octanol–water partition coefficient (Wildman–Crippen LogP) is 2.28. The molecule has 0 radical (unpaired) electrons. The minimum absolute atomic E-state index is 0.247. The molecule has 0 fully saturated rings. The minimum atomic E-state index is -3.36. The van der Waals surface area contributed by atoms with Gasteiger partial charge in [-0.2, -0.15) is 0 Å². The van der Waals surface area contributed by atoms with Gasteiger partial charge in [0.2, 0.25) is 10.0 Å². The van der Waals surface area contributed by atoms with Gasteiger partial charge in [-0.3, -0.25) is 0 Å². The van der Waals surface area contributed by atoms with Crippen LogP contribution >= 0.6 is 27.3 Å². The molecule has 0 amide bonds. The highest BCUT2D eigenvalue weighted by Crippen LogP contribution is 2.30. The average Bonchev–Trinajstić information content (AvgIpc) is 2.45. The normalized spacial score (nSPS) is 11.6. The lowest BCUT2D eigenvalue weighted by Gasteiger charge is -1.99. The summed E-state index contributed by atoms with van der Waals surface area (Å²) in [5.74, 6) is 0. The minimum Gasteiger partial charge on any atom is -0.207 e. The van der Waals surface area contributed by atoms with Gasteiger partial charge in [0, 0.05) is 6.54 Å². The number of hydrogen-bond donors (Lipinski definition) is 1. The summed E-state index contributed by atoms with van der Waals surface area (Å²) in [6.07, 6.45) is 1.51. The summed E-state index contributed by atoms with van der Waals surface area (Å²) >= 11 is 4.49. The van der Waals surface area contributed by atoms with E-state index in [2.05, 4.69) is 27.2 Å². The van der Waals surface area contributed by atoms with Gasteiger partial charge in [0.05, 0.1) is 3.79 Å². The van der Waals surface area contributed by atoms with Crippen LogP contribution in [0.1, 0.15) is 5.56 Å². The van der Waals surface area contributed by atoms with Crippen molar-refractivity contribution in [3.05, 3.63) is 28.1 Å². The molecule has 1 rings (SSSR count). The van der Waals surface area contributed by atoms with Crippen molar-refractivity contribution in [3.63, 3.8) is 0 Å². The highest BCUT2D eigenvalue weighted by atomic mass is 79.9. The number of halogens is 1. The molecule has 0 aliphatic carbocycles. The van der Waals surface area contributed by atoms with Gasteiger partial charge in [-0.1, -0.05) is 6.08 Å². The highest BCUT2D eigenvalue weighted by Gasteiger charge is 2.16. The lowest BCUT2D eigenvalue weighted by Crippen LogP contribution is -2.22. The number of nitrogens with one attached hydrogen (secondary N) is 1. The van der Waals surface area contributed by atoms with E-state index in [-0.39, 0.29) is 6.54 Å². The van der Waals surface area contributed by atoms with E-state index >= 15 is 0 Å². The molecule has 0 atom stereocenters. The Morgan fingerprint density at radius 3 is 2.79 bits per heavy atom. The molecule has 0 bridgehead atoms. The second kappa shape index (κ2) is 4.57. The van der Waals surface area contributed by atoms with Gasteiger partial charge in [-0.25, -0.2) is 13.1 Å². The molecule has 0 saturated heterocycles. The molecule has 3 nitrogen and oxygen atoms in total. The summed E-state index contributed by atoms with van der Waals surface area (Å²) in [6.45, 7) is 5.55. The van der Waals surface area contributed by atoms with Crippen molar-refractivity contribution in [1.82, 2.24) is 4.72 Å². The fraction of sp³-hybridized carbons (Fsp3) is 0.250. The van der Waals surface area contributed by atoms with Crippen LogP contribution in [0.2, 0.25) is 0 Å². The molecule has 6 heteroatoms. The highest BCUT2D eigenvalue weighted by molar-refractivity contribution is 9.11. The molecule has 1 aromatic rings. The SMILES string of the molecule is C=CCNS(=O)(=O)c1cc(C)c(Br)s1. The lowest BCUT2D eigenvalue weighted by molar-refractivity contribution is 0.587. The van der Waals surface area contributed by atoms with E-state index in [0.29, 0.717) is 4.21 Å². The molecule has 1 N–H and O–H groups in total. The number of thiophene rings is 1. The van der Waals surface area contributed by atoms with Crippen LogP contribution in [0.3, 0.4) is 0 Å². The van der Waals surface area contributed by atoms with Gasteiger partial charge in [-0.15, -0.1) is 17.9 Å². The van der Waals surface area contributed by atoms with Gasteiger partial charge < -0.3 is 0 Å². The van der Waals surface area contributed by atoms with Crippen molar-refractivity contribution < 1.29 is 8.42 Å². The van der Waals surface area contributed by atoms with E-state index < -0.39 is 10.0 Å². The monoisotopic (exact) mass is 295 g/mol. The Kier molecular flexibility index (Phi) is 3.88. The van der Waals surface area contributed by atoms with Gasteiger partial charge >= 0.3 is 0 Å². The topological polar surface area (TPSA) is 46.2 Å². The van der Waals surface area contributed by atoms with Crippen LogP contribution in [0.5, 0.6) is 0 Å². The number of rotatable bonds is 4. The molecule has 0 spiro atoms. The molecular weight excluding hydrogens is 286 g/mol. The third-order valence-corrected chi connectivity index (χ3v) is 5.55. The quantitative estimate of drug-likeness (QED) is 0.867. The summed E-state index contributed by atoms with van der Waals surface area (Å²) in [5, 5.41) is 0. The maximum atomic E-state index is 11.6. The lowest BCUT2D eigenvalue weighted by atomic mass is 10.4. The van der Waals surface area contributed by atoms with E-state index in [9.17, 15) is 8.42 Å². The zero-order valence-electron chi connectivity index (χ0n) is 7.58. The van der Waals surface area contributed by atoms with Gasteiger partial charge in [0.15, 0.2) is 0 Å². The van der Waals surface area contributed by atoms with Crippen molar-refractivity contribution >= 4 is 37.3 Å². The first-order valence-corrected chi connectivity index (χ1v) is 6.93. The van der Waals surface area contributed by atoms with Crippen LogP contribution in [0.4, 0.5) is 0 Å². The smallest absolute Gasteiger partial charge is 0.207 e. The Hall–Kier alpha value is -0.170. The first-order valence-electron chi connectivity index (χ1n) is 3.84. The Balaban J connectivity index is 2.98. The molecule has 0 saturated carbocycles. The molecule has 1 aromatic heterocycles. The number of hydrogen-bond acceptors (Lipinski definition) is 3. The van der Waals surface area contributed by atoms with E-state index in [0.717, 1.165) is 9.35 Å². The van der Waals surface area contributed by atoms with Crippen LogP contribution in [-0.2, 0) is 10.0 Å². The second-order valence-electron chi connectivity index (χ2n) is 2.66. The van der Waals surface area contributed by atoms with Gasteiger partial charge in [0.25, 0.3) is 0 Å². The molecule has 78 valence electrons. The summed E-state index contributed by atoms with van der Waals surface area (Å²) < 4.78 is 26.8. The molecule has 14 heavy (non-hydrogen) atoms. The number of aryl methyl sites for hydroxylation is 1. The van der Waals surface area contributed by atoms with Gasteiger partial charge in [-0.05, 0) is 34.5 Å². The first-order chi connectivity index (χ1) is 6.47. The Bertz CT molecular complexity index is 417. The van der Waals surface area contributed by atoms with Crippen LogP contribution in [-0.4, -0.2) is 15.0 Å². The van der Waals surface area contributed by atoms with Crippen LogP contribution in [0.15, 0.2) is 26.7 Å². The molecule has 0 unspecified atom stereocenters. The fourth-order valence-electron chi connectivity index (χ4n) is 0.804. The Morgan fingerprint density at radius 1 is 1.71 bits per heavy atom. The molecule has 1 heterocycles. The van der Waals surface area contributed by atoms with Crippen molar-refractivity contribution in [1.29, 1.82) is 0 Å². The van der Waals surface area contributed by atoms with Gasteiger partial charge in [0.1, 0.15) is 4.21 Å². The molecule has 0 aromatic carbocycles. The van der Waals surface area contributed by atoms with Crippen LogP contribution in [0, 0.1) is 6.92 Å². The third kappa shape index (κ3) is 2.66. The van der Waals surface area contributed by atoms with E-state index in [1.807, 2.05) is 6.92 Å². The molecule has 0 aliphatic rings. The van der Waals surface area contributed by atoms with E-state index in [4.69, 9.17) is 0 Å². The number of sulfonamides is 1. The molecule has 0 aliphatic heterocycles. The average molecular weight is 296 g/mol. The Morgan fingerprint density at radius 2 is 2.36 bits per heavy atom. The molecular formula is C8H10BrNO2S2. The van der Waals surface area contributed by atoms with E-state index in [1.54, 1.807) is 6.07 Å². The summed E-state index contributed by atoms with van der Waals surface area (Å²) in [7, 11) is -3.36. The maximum Gasteiger partial charge on any atom is 0.250 e. The standard InChI is InChI=1S/C8H10BrNO2S2/c1-3-4-10-14(11,12)7-5-6(2)8(9)13-7/h3,5,10H,1,4H2,2H3. The van der Waals surface area contributed by atoms with Crippen molar-refractivity contribution in [3.8, 4) is 0 Å². The fourth-order valence-corrected chi connectivity index (χ4v) is 4.07. The Labute approximate surface area is 96.0 Å². The zero-order valence-corrected chi connectivity index (χ0v) is 10.8. The largest absolute Gasteiger partial charge is 0.250 e. The first kappa shape index (κ1) is 11.9. The third-order valence-electron chi connectivity index (χ3n) is 1.52. The summed E-state index contributed by atoms with van der Waals surface area (Å²) in [6, 6.07) is 1.64. The van der Waals surface area contributed by atoms with Crippen molar-refractivity contribution in [2.45, 2.75) is 11.1 Å². The van der Waals surface area contributed by atoms with Crippen molar-refractivity contribution in [2.24, 2.45) is 0 Å². The predicted molar refractivity (Wildman–Crippen MR) is 62.1 cm³/mol. The summed E-state index contributed by atoms with van der Waals surface area (Å²) in [4.78, 5) is 0. The van der Waals surface area contributed by atoms with E-state index in [1.165, 1.54) is 17.4 Å². The summed E-state index contributed by atoms with van der Waals surface area (Å²) in [5.41, 5.74) is 0.925. The zero-order chi connectivity index (χ0) is 10.8.